The second-order valence-electron chi connectivity index (χ2n) is 4.28. The zero-order valence-corrected chi connectivity index (χ0v) is 11.8. The highest BCUT2D eigenvalue weighted by Gasteiger charge is 2.08. The van der Waals surface area contributed by atoms with Gasteiger partial charge in [-0.15, -0.1) is 0 Å². The van der Waals surface area contributed by atoms with E-state index in [4.69, 9.17) is 5.11 Å². The number of carboxylic acids is 1. The van der Waals surface area contributed by atoms with Crippen molar-refractivity contribution in [1.82, 2.24) is 5.32 Å². The Bertz CT molecular complexity index is 382. The van der Waals surface area contributed by atoms with E-state index in [1.807, 2.05) is 36.0 Å². The number of carbonyl (C=O) groups is 1. The molecule has 2 N–H and O–H groups in total. The summed E-state index contributed by atoms with van der Waals surface area (Å²) in [6.07, 6.45) is 3.28. The zero-order chi connectivity index (χ0) is 13.4. The third kappa shape index (κ3) is 5.10. The van der Waals surface area contributed by atoms with Crippen LogP contribution in [0.5, 0.6) is 0 Å². The van der Waals surface area contributed by atoms with Gasteiger partial charge in [0.15, 0.2) is 0 Å². The Balaban J connectivity index is 2.62. The van der Waals surface area contributed by atoms with Gasteiger partial charge in [-0.2, -0.15) is 11.8 Å². The SMILES string of the molecule is CCC(CSC)NCc1ccccc1CC(=O)O. The molecule has 0 heterocycles. The number of rotatable bonds is 8. The van der Waals surface area contributed by atoms with Gasteiger partial charge in [-0.25, -0.2) is 0 Å². The van der Waals surface area contributed by atoms with E-state index in [0.717, 1.165) is 29.8 Å². The second-order valence-corrected chi connectivity index (χ2v) is 5.19. The summed E-state index contributed by atoms with van der Waals surface area (Å²) in [5, 5.41) is 12.4. The summed E-state index contributed by atoms with van der Waals surface area (Å²) < 4.78 is 0. The van der Waals surface area contributed by atoms with Crippen LogP contribution in [0.3, 0.4) is 0 Å². The van der Waals surface area contributed by atoms with E-state index in [0.29, 0.717) is 6.04 Å². The first-order valence-corrected chi connectivity index (χ1v) is 7.57. The Labute approximate surface area is 113 Å². The Hall–Kier alpha value is -1.00. The summed E-state index contributed by atoms with van der Waals surface area (Å²) in [5.41, 5.74) is 1.98. The lowest BCUT2D eigenvalue weighted by molar-refractivity contribution is -0.136. The average Bonchev–Trinajstić information content (AvgIpc) is 2.35. The van der Waals surface area contributed by atoms with Crippen LogP contribution >= 0.6 is 11.8 Å². The third-order valence-corrected chi connectivity index (χ3v) is 3.64. The van der Waals surface area contributed by atoms with Gasteiger partial charge in [-0.05, 0) is 23.8 Å². The van der Waals surface area contributed by atoms with Crippen LogP contribution in [0.15, 0.2) is 24.3 Å². The minimum absolute atomic E-state index is 0.0944. The average molecular weight is 267 g/mol. The van der Waals surface area contributed by atoms with Crippen molar-refractivity contribution < 1.29 is 9.90 Å². The molecule has 0 amide bonds. The van der Waals surface area contributed by atoms with Crippen molar-refractivity contribution in [3.8, 4) is 0 Å². The lowest BCUT2D eigenvalue weighted by atomic mass is 10.0. The maximum Gasteiger partial charge on any atom is 0.307 e. The lowest BCUT2D eigenvalue weighted by Crippen LogP contribution is -2.30. The Morgan fingerprint density at radius 3 is 2.61 bits per heavy atom. The van der Waals surface area contributed by atoms with Crippen molar-refractivity contribution in [3.05, 3.63) is 35.4 Å². The van der Waals surface area contributed by atoms with E-state index in [1.165, 1.54) is 0 Å². The van der Waals surface area contributed by atoms with Crippen molar-refractivity contribution in [2.45, 2.75) is 32.4 Å². The number of hydrogen-bond acceptors (Lipinski definition) is 3. The highest BCUT2D eigenvalue weighted by Crippen LogP contribution is 2.11. The molecule has 1 aromatic rings. The van der Waals surface area contributed by atoms with Crippen LogP contribution in [0.2, 0.25) is 0 Å². The van der Waals surface area contributed by atoms with Gasteiger partial charge in [0.05, 0.1) is 6.42 Å². The number of thioether (sulfide) groups is 1. The highest BCUT2D eigenvalue weighted by molar-refractivity contribution is 7.98. The fraction of sp³-hybridized carbons (Fsp3) is 0.500. The van der Waals surface area contributed by atoms with Gasteiger partial charge < -0.3 is 10.4 Å². The van der Waals surface area contributed by atoms with Crippen LogP contribution in [0, 0.1) is 0 Å². The van der Waals surface area contributed by atoms with Crippen molar-refractivity contribution in [2.75, 3.05) is 12.0 Å². The van der Waals surface area contributed by atoms with Crippen LogP contribution in [0.25, 0.3) is 0 Å². The molecule has 1 unspecified atom stereocenters. The van der Waals surface area contributed by atoms with Crippen LogP contribution in [0.4, 0.5) is 0 Å². The number of aliphatic carboxylic acids is 1. The second kappa shape index (κ2) is 8.16. The van der Waals surface area contributed by atoms with Gasteiger partial charge >= 0.3 is 5.97 Å². The normalized spacial score (nSPS) is 12.3. The molecule has 0 spiro atoms. The van der Waals surface area contributed by atoms with Gasteiger partial charge in [0.2, 0.25) is 0 Å². The maximum absolute atomic E-state index is 10.8. The first-order valence-electron chi connectivity index (χ1n) is 6.18. The first-order chi connectivity index (χ1) is 8.67. The monoisotopic (exact) mass is 267 g/mol. The topological polar surface area (TPSA) is 49.3 Å². The first kappa shape index (κ1) is 15.1. The molecule has 1 atom stereocenters. The van der Waals surface area contributed by atoms with E-state index in [-0.39, 0.29) is 6.42 Å². The lowest BCUT2D eigenvalue weighted by Gasteiger charge is -2.17. The van der Waals surface area contributed by atoms with Crippen molar-refractivity contribution in [3.63, 3.8) is 0 Å². The summed E-state index contributed by atoms with van der Waals surface area (Å²) >= 11 is 1.83. The van der Waals surface area contributed by atoms with Gasteiger partial charge in [0.1, 0.15) is 0 Å². The predicted octanol–water partition coefficient (Wildman–Crippen LogP) is 2.54. The van der Waals surface area contributed by atoms with E-state index in [1.54, 1.807) is 0 Å². The van der Waals surface area contributed by atoms with Gasteiger partial charge in [-0.1, -0.05) is 31.2 Å². The van der Waals surface area contributed by atoms with E-state index >= 15 is 0 Å². The molecular weight excluding hydrogens is 246 g/mol. The van der Waals surface area contributed by atoms with Crippen molar-refractivity contribution in [2.24, 2.45) is 0 Å². The molecule has 0 aliphatic rings. The quantitative estimate of drug-likeness (QED) is 0.760. The predicted molar refractivity (Wildman–Crippen MR) is 77.1 cm³/mol. The summed E-state index contributed by atoms with van der Waals surface area (Å²) in [5.74, 6) is 0.302. The molecular formula is C14H21NO2S. The van der Waals surface area contributed by atoms with Crippen molar-refractivity contribution >= 4 is 17.7 Å². The van der Waals surface area contributed by atoms with Crippen LogP contribution in [0.1, 0.15) is 24.5 Å². The molecule has 18 heavy (non-hydrogen) atoms. The number of benzene rings is 1. The summed E-state index contributed by atoms with van der Waals surface area (Å²) in [6.45, 7) is 2.90. The number of hydrogen-bond donors (Lipinski definition) is 2. The van der Waals surface area contributed by atoms with Gasteiger partial charge in [0.25, 0.3) is 0 Å². The molecule has 0 aliphatic heterocycles. The van der Waals surface area contributed by atoms with Crippen LogP contribution in [-0.4, -0.2) is 29.1 Å². The minimum atomic E-state index is -0.779. The summed E-state index contributed by atoms with van der Waals surface area (Å²) in [7, 11) is 0. The molecule has 1 aromatic carbocycles. The fourth-order valence-electron chi connectivity index (χ4n) is 1.84. The molecule has 0 aliphatic carbocycles. The molecule has 0 radical (unpaired) electrons. The zero-order valence-electron chi connectivity index (χ0n) is 11.0. The molecule has 1 rings (SSSR count). The molecule has 0 bridgehead atoms. The summed E-state index contributed by atoms with van der Waals surface area (Å²) in [6, 6.07) is 8.22. The Morgan fingerprint density at radius 1 is 1.39 bits per heavy atom. The molecule has 0 saturated heterocycles. The Kier molecular flexibility index (Phi) is 6.83. The molecule has 4 heteroatoms. The van der Waals surface area contributed by atoms with Gasteiger partial charge in [0, 0.05) is 18.3 Å². The number of nitrogens with one attached hydrogen (secondary N) is 1. The van der Waals surface area contributed by atoms with E-state index in [2.05, 4.69) is 18.5 Å². The van der Waals surface area contributed by atoms with Crippen LogP contribution < -0.4 is 5.32 Å². The minimum Gasteiger partial charge on any atom is -0.481 e. The van der Waals surface area contributed by atoms with Gasteiger partial charge in [-0.3, -0.25) is 4.79 Å². The largest absolute Gasteiger partial charge is 0.481 e. The number of carboxylic acid groups (broad SMARTS) is 1. The van der Waals surface area contributed by atoms with E-state index in [9.17, 15) is 4.79 Å². The molecule has 0 saturated carbocycles. The maximum atomic E-state index is 10.8. The molecule has 0 aromatic heterocycles. The standard InChI is InChI=1S/C14H21NO2S/c1-3-13(10-18-2)15-9-12-7-5-4-6-11(12)8-14(16)17/h4-7,13,15H,3,8-10H2,1-2H3,(H,16,17). The Morgan fingerprint density at radius 2 is 2.06 bits per heavy atom. The fourth-order valence-corrected chi connectivity index (χ4v) is 2.60. The van der Waals surface area contributed by atoms with Crippen LogP contribution in [-0.2, 0) is 17.8 Å². The van der Waals surface area contributed by atoms with E-state index < -0.39 is 5.97 Å². The molecule has 100 valence electrons. The smallest absolute Gasteiger partial charge is 0.307 e. The highest BCUT2D eigenvalue weighted by atomic mass is 32.2. The molecule has 0 fully saturated rings. The summed E-state index contributed by atoms with van der Waals surface area (Å²) in [4.78, 5) is 10.8. The van der Waals surface area contributed by atoms with Crippen molar-refractivity contribution in [1.29, 1.82) is 0 Å². The third-order valence-electron chi connectivity index (χ3n) is 2.90. The molecule has 3 nitrogen and oxygen atoms in total.